The number of allylic oxidation sites excluding steroid dienone is 1. The zero-order chi connectivity index (χ0) is 13.0. The van der Waals surface area contributed by atoms with Gasteiger partial charge in [-0.05, 0) is 56.8 Å². The Morgan fingerprint density at radius 1 is 1.28 bits per heavy atom. The number of aliphatic imine (C=N–C) groups is 1. The van der Waals surface area contributed by atoms with Crippen LogP contribution < -0.4 is 0 Å². The first-order valence-corrected chi connectivity index (χ1v) is 7.40. The first kappa shape index (κ1) is 13.5. The van der Waals surface area contributed by atoms with Gasteiger partial charge in [-0.2, -0.15) is 0 Å². The Morgan fingerprint density at radius 2 is 2.00 bits per heavy atom. The molecule has 1 heterocycles. The summed E-state index contributed by atoms with van der Waals surface area (Å²) in [5.41, 5.74) is 2.73. The van der Waals surface area contributed by atoms with E-state index in [9.17, 15) is 0 Å². The Bertz CT molecular complexity index is 359. The maximum absolute atomic E-state index is 4.70. The van der Waals surface area contributed by atoms with Crippen LogP contribution in [0.3, 0.4) is 0 Å². The second-order valence-electron chi connectivity index (χ2n) is 5.55. The summed E-state index contributed by atoms with van der Waals surface area (Å²) in [4.78, 5) is 7.36. The van der Waals surface area contributed by atoms with Gasteiger partial charge in [-0.1, -0.05) is 26.0 Å². The molecule has 0 bridgehead atoms. The van der Waals surface area contributed by atoms with Crippen LogP contribution in [-0.2, 0) is 0 Å². The quantitative estimate of drug-likeness (QED) is 0.723. The monoisotopic (exact) mass is 246 g/mol. The third kappa shape index (κ3) is 3.11. The van der Waals surface area contributed by atoms with Gasteiger partial charge in [0, 0.05) is 12.3 Å². The molecule has 0 aromatic rings. The van der Waals surface area contributed by atoms with E-state index in [1.807, 2.05) is 6.21 Å². The van der Waals surface area contributed by atoms with Crippen LogP contribution in [0.2, 0.25) is 0 Å². The van der Waals surface area contributed by atoms with Crippen molar-refractivity contribution in [3.8, 4) is 0 Å². The predicted molar refractivity (Wildman–Crippen MR) is 79.3 cm³/mol. The van der Waals surface area contributed by atoms with E-state index in [4.69, 9.17) is 4.99 Å². The number of hydrogen-bond acceptors (Lipinski definition) is 2. The van der Waals surface area contributed by atoms with E-state index in [2.05, 4.69) is 37.8 Å². The smallest absolute Gasteiger partial charge is 0.0761 e. The molecular formula is C16H26N2. The molecule has 2 unspecified atom stereocenters. The number of dihydropyridines is 1. The minimum absolute atomic E-state index is 0.420. The molecule has 0 amide bonds. The van der Waals surface area contributed by atoms with Crippen LogP contribution in [0, 0.1) is 0 Å². The fourth-order valence-corrected chi connectivity index (χ4v) is 3.06. The number of fused-ring (bicyclic) bond motifs is 1. The molecule has 100 valence electrons. The van der Waals surface area contributed by atoms with Crippen molar-refractivity contribution in [2.24, 2.45) is 4.99 Å². The van der Waals surface area contributed by atoms with Crippen molar-refractivity contribution in [2.75, 3.05) is 13.1 Å². The maximum atomic E-state index is 4.70. The van der Waals surface area contributed by atoms with Crippen LogP contribution in [-0.4, -0.2) is 36.3 Å². The highest BCUT2D eigenvalue weighted by atomic mass is 15.2. The normalized spacial score (nSPS) is 26.9. The molecule has 2 aliphatic rings. The molecule has 0 saturated heterocycles. The highest BCUT2D eigenvalue weighted by Crippen LogP contribution is 2.29. The summed E-state index contributed by atoms with van der Waals surface area (Å²) in [5.74, 6) is 0. The van der Waals surface area contributed by atoms with Crippen molar-refractivity contribution in [1.82, 2.24) is 4.90 Å². The summed E-state index contributed by atoms with van der Waals surface area (Å²) in [7, 11) is 0. The van der Waals surface area contributed by atoms with Crippen LogP contribution in [0.5, 0.6) is 0 Å². The predicted octanol–water partition coefficient (Wildman–Crippen LogP) is 3.60. The van der Waals surface area contributed by atoms with Crippen LogP contribution in [0.25, 0.3) is 0 Å². The standard InChI is InChI=1S/C16H26N2/c1-4-8-18(9-5-2)15-7-6-14-10-13(3)12-17-16(14)11-15/h6,10,12,15-16H,4-5,7-9,11H2,1-3H3. The average Bonchev–Trinajstić information content (AvgIpc) is 2.38. The zero-order valence-electron chi connectivity index (χ0n) is 12.0. The van der Waals surface area contributed by atoms with Crippen molar-refractivity contribution < 1.29 is 0 Å². The van der Waals surface area contributed by atoms with Gasteiger partial charge in [0.25, 0.3) is 0 Å². The number of rotatable bonds is 5. The first-order valence-electron chi connectivity index (χ1n) is 7.40. The highest BCUT2D eigenvalue weighted by molar-refractivity contribution is 5.80. The molecule has 0 aromatic carbocycles. The molecule has 0 aromatic heterocycles. The number of nitrogens with zero attached hydrogens (tertiary/aromatic N) is 2. The van der Waals surface area contributed by atoms with Gasteiger partial charge in [0.1, 0.15) is 0 Å². The molecule has 0 saturated carbocycles. The summed E-state index contributed by atoms with van der Waals surface area (Å²) in [5, 5.41) is 0. The van der Waals surface area contributed by atoms with Crippen LogP contribution in [0.1, 0.15) is 46.5 Å². The van der Waals surface area contributed by atoms with Crippen LogP contribution in [0.4, 0.5) is 0 Å². The molecule has 2 rings (SSSR count). The van der Waals surface area contributed by atoms with E-state index in [0.717, 1.165) is 0 Å². The molecule has 0 fully saturated rings. The summed E-state index contributed by atoms with van der Waals surface area (Å²) in [6, 6.07) is 1.12. The fourth-order valence-electron chi connectivity index (χ4n) is 3.06. The summed E-state index contributed by atoms with van der Waals surface area (Å²) in [6.45, 7) is 9.14. The second-order valence-corrected chi connectivity index (χ2v) is 5.55. The molecule has 0 radical (unpaired) electrons. The Morgan fingerprint density at radius 3 is 2.67 bits per heavy atom. The van der Waals surface area contributed by atoms with Crippen molar-refractivity contribution in [2.45, 2.75) is 58.5 Å². The molecule has 0 N–H and O–H groups in total. The van der Waals surface area contributed by atoms with Gasteiger partial charge in [-0.15, -0.1) is 0 Å². The summed E-state index contributed by atoms with van der Waals surface area (Å²) < 4.78 is 0. The van der Waals surface area contributed by atoms with E-state index >= 15 is 0 Å². The van der Waals surface area contributed by atoms with Crippen molar-refractivity contribution >= 4 is 6.21 Å². The van der Waals surface area contributed by atoms with E-state index in [-0.39, 0.29) is 0 Å². The highest BCUT2D eigenvalue weighted by Gasteiger charge is 2.27. The van der Waals surface area contributed by atoms with E-state index in [1.165, 1.54) is 49.9 Å². The van der Waals surface area contributed by atoms with E-state index in [0.29, 0.717) is 12.1 Å². The third-order valence-corrected chi connectivity index (χ3v) is 3.90. The van der Waals surface area contributed by atoms with Gasteiger partial charge < -0.3 is 4.90 Å². The Kier molecular flexibility index (Phi) is 4.76. The maximum Gasteiger partial charge on any atom is 0.0761 e. The molecule has 1 aliphatic heterocycles. The van der Waals surface area contributed by atoms with Crippen molar-refractivity contribution in [3.63, 3.8) is 0 Å². The van der Waals surface area contributed by atoms with Crippen LogP contribution in [0.15, 0.2) is 28.3 Å². The van der Waals surface area contributed by atoms with Gasteiger partial charge in [-0.3, -0.25) is 4.99 Å². The minimum Gasteiger partial charge on any atom is -0.300 e. The third-order valence-electron chi connectivity index (χ3n) is 3.90. The molecule has 2 heteroatoms. The van der Waals surface area contributed by atoms with Crippen molar-refractivity contribution in [3.05, 3.63) is 23.3 Å². The summed E-state index contributed by atoms with van der Waals surface area (Å²) >= 11 is 0. The lowest BCUT2D eigenvalue weighted by Gasteiger charge is -2.36. The minimum atomic E-state index is 0.420. The lowest BCUT2D eigenvalue weighted by Crippen LogP contribution is -2.40. The number of hydrogen-bond donors (Lipinski definition) is 0. The Labute approximate surface area is 111 Å². The fraction of sp³-hybridized carbons (Fsp3) is 0.688. The van der Waals surface area contributed by atoms with E-state index < -0.39 is 0 Å². The second kappa shape index (κ2) is 6.33. The van der Waals surface area contributed by atoms with E-state index in [1.54, 1.807) is 0 Å². The lowest BCUT2D eigenvalue weighted by molar-refractivity contribution is 0.178. The van der Waals surface area contributed by atoms with Crippen LogP contribution >= 0.6 is 0 Å². The molecular weight excluding hydrogens is 220 g/mol. The van der Waals surface area contributed by atoms with Gasteiger partial charge in [0.05, 0.1) is 6.04 Å². The molecule has 0 spiro atoms. The molecule has 2 nitrogen and oxygen atoms in total. The molecule has 18 heavy (non-hydrogen) atoms. The Hall–Kier alpha value is -0.890. The molecule has 2 atom stereocenters. The van der Waals surface area contributed by atoms with Gasteiger partial charge in [0.2, 0.25) is 0 Å². The van der Waals surface area contributed by atoms with Gasteiger partial charge in [0.15, 0.2) is 0 Å². The Balaban J connectivity index is 2.04. The largest absolute Gasteiger partial charge is 0.300 e. The average molecular weight is 246 g/mol. The summed E-state index contributed by atoms with van der Waals surface area (Å²) in [6.07, 6.45) is 11.7. The van der Waals surface area contributed by atoms with Crippen molar-refractivity contribution in [1.29, 1.82) is 0 Å². The lowest BCUT2D eigenvalue weighted by atomic mass is 9.87. The van der Waals surface area contributed by atoms with Gasteiger partial charge in [-0.25, -0.2) is 0 Å². The molecule has 1 aliphatic carbocycles. The SMILES string of the molecule is CCCN(CCC)C1CC=C2C=C(C)C=NC2C1. The first-order chi connectivity index (χ1) is 8.74. The van der Waals surface area contributed by atoms with Gasteiger partial charge >= 0.3 is 0 Å². The zero-order valence-corrected chi connectivity index (χ0v) is 12.0. The topological polar surface area (TPSA) is 15.6 Å².